The maximum absolute atomic E-state index is 13.7. The minimum atomic E-state index is -0.153. The zero-order valence-electron chi connectivity index (χ0n) is 20.3. The summed E-state index contributed by atoms with van der Waals surface area (Å²) in [7, 11) is 0. The highest BCUT2D eigenvalue weighted by Crippen LogP contribution is 2.32. The first-order valence-electron chi connectivity index (χ1n) is 12.3. The molecule has 2 aromatic carbocycles. The van der Waals surface area contributed by atoms with Gasteiger partial charge in [0.25, 0.3) is 5.91 Å². The van der Waals surface area contributed by atoms with Crippen molar-refractivity contribution in [2.75, 3.05) is 19.7 Å². The van der Waals surface area contributed by atoms with Gasteiger partial charge in [-0.3, -0.25) is 9.59 Å². The van der Waals surface area contributed by atoms with Gasteiger partial charge >= 0.3 is 5.97 Å². The Bertz CT molecular complexity index is 1130. The highest BCUT2D eigenvalue weighted by atomic mass is 16.5. The number of carbonyl (C=O) groups excluding carboxylic acids is 2. The lowest BCUT2D eigenvalue weighted by Gasteiger charge is -2.31. The fourth-order valence-corrected chi connectivity index (χ4v) is 4.51. The summed E-state index contributed by atoms with van der Waals surface area (Å²) in [6, 6.07) is 18.1. The monoisotopic (exact) mass is 462 g/mol. The van der Waals surface area contributed by atoms with Crippen LogP contribution in [0.15, 0.2) is 54.6 Å². The van der Waals surface area contributed by atoms with Gasteiger partial charge < -0.3 is 18.9 Å². The fraction of sp³-hybridized carbons (Fsp3) is 0.429. The van der Waals surface area contributed by atoms with Crippen molar-refractivity contribution in [2.24, 2.45) is 5.92 Å². The van der Waals surface area contributed by atoms with Crippen molar-refractivity contribution >= 4 is 22.8 Å². The molecule has 1 amide bonds. The molecule has 1 fully saturated rings. The number of aromatic nitrogens is 1. The van der Waals surface area contributed by atoms with Crippen LogP contribution in [-0.4, -0.2) is 47.1 Å². The largest absolute Gasteiger partial charge is 0.490 e. The molecule has 1 aromatic heterocycles. The number of amides is 1. The SMILES string of the molecule is CCOC(=O)C1CCN(C(=O)c2cc3c(O[C@@H](C)CC)cccc3n2Cc2ccccc2)CC1. The number of ether oxygens (including phenoxy) is 2. The summed E-state index contributed by atoms with van der Waals surface area (Å²) in [5.41, 5.74) is 2.76. The number of esters is 1. The molecule has 4 rings (SSSR count). The Morgan fingerprint density at radius 1 is 1.03 bits per heavy atom. The number of carbonyl (C=O) groups is 2. The number of nitrogens with zero attached hydrogens (tertiary/aromatic N) is 2. The van der Waals surface area contributed by atoms with Gasteiger partial charge in [-0.05, 0) is 56.9 Å². The van der Waals surface area contributed by atoms with Crippen molar-refractivity contribution in [3.8, 4) is 5.75 Å². The first-order valence-corrected chi connectivity index (χ1v) is 12.3. The molecule has 0 radical (unpaired) electrons. The molecule has 1 atom stereocenters. The number of fused-ring (bicyclic) bond motifs is 1. The average Bonchev–Trinajstić information content (AvgIpc) is 3.23. The van der Waals surface area contributed by atoms with Crippen molar-refractivity contribution in [3.05, 3.63) is 65.9 Å². The number of likely N-dealkylation sites (tertiary alicyclic amines) is 1. The first-order chi connectivity index (χ1) is 16.5. The zero-order chi connectivity index (χ0) is 24.1. The smallest absolute Gasteiger partial charge is 0.309 e. The highest BCUT2D eigenvalue weighted by molar-refractivity contribution is 6.00. The third kappa shape index (κ3) is 5.11. The van der Waals surface area contributed by atoms with Gasteiger partial charge in [0, 0.05) is 25.0 Å². The van der Waals surface area contributed by atoms with Crippen LogP contribution in [0.1, 0.15) is 56.1 Å². The lowest BCUT2D eigenvalue weighted by atomic mass is 9.97. The number of hydrogen-bond acceptors (Lipinski definition) is 4. The van der Waals surface area contributed by atoms with Crippen molar-refractivity contribution in [2.45, 2.75) is 52.7 Å². The predicted molar refractivity (Wildman–Crippen MR) is 133 cm³/mol. The summed E-state index contributed by atoms with van der Waals surface area (Å²) in [6.07, 6.45) is 2.25. The summed E-state index contributed by atoms with van der Waals surface area (Å²) >= 11 is 0. The van der Waals surface area contributed by atoms with Crippen molar-refractivity contribution < 1.29 is 19.1 Å². The van der Waals surface area contributed by atoms with E-state index >= 15 is 0 Å². The quantitative estimate of drug-likeness (QED) is 0.427. The average molecular weight is 463 g/mol. The molecule has 0 N–H and O–H groups in total. The number of piperidine rings is 1. The van der Waals surface area contributed by atoms with Gasteiger partial charge in [0.1, 0.15) is 11.4 Å². The van der Waals surface area contributed by atoms with Crippen LogP contribution in [0.2, 0.25) is 0 Å². The molecule has 1 aliphatic heterocycles. The molecule has 34 heavy (non-hydrogen) atoms. The number of hydrogen-bond donors (Lipinski definition) is 0. The third-order valence-electron chi connectivity index (χ3n) is 6.61. The van der Waals surface area contributed by atoms with E-state index in [1.165, 1.54) is 0 Å². The number of rotatable bonds is 8. The van der Waals surface area contributed by atoms with E-state index < -0.39 is 0 Å². The summed E-state index contributed by atoms with van der Waals surface area (Å²) < 4.78 is 13.5. The van der Waals surface area contributed by atoms with E-state index in [1.54, 1.807) is 0 Å². The van der Waals surface area contributed by atoms with Crippen LogP contribution in [0.4, 0.5) is 0 Å². The lowest BCUT2D eigenvalue weighted by Crippen LogP contribution is -2.41. The van der Waals surface area contributed by atoms with Crippen LogP contribution in [-0.2, 0) is 16.1 Å². The maximum Gasteiger partial charge on any atom is 0.309 e. The molecule has 6 nitrogen and oxygen atoms in total. The Kier molecular flexibility index (Phi) is 7.56. The molecule has 2 heterocycles. The number of benzene rings is 2. The Morgan fingerprint density at radius 3 is 2.44 bits per heavy atom. The van der Waals surface area contributed by atoms with Gasteiger partial charge in [0.2, 0.25) is 0 Å². The molecule has 0 aliphatic carbocycles. The van der Waals surface area contributed by atoms with Crippen molar-refractivity contribution in [1.82, 2.24) is 9.47 Å². The van der Waals surface area contributed by atoms with Crippen molar-refractivity contribution in [3.63, 3.8) is 0 Å². The molecular weight excluding hydrogens is 428 g/mol. The topological polar surface area (TPSA) is 60.8 Å². The van der Waals surface area contributed by atoms with Crippen LogP contribution < -0.4 is 4.74 Å². The second kappa shape index (κ2) is 10.8. The molecular formula is C28H34N2O4. The van der Waals surface area contributed by atoms with Crippen molar-refractivity contribution in [1.29, 1.82) is 0 Å². The van der Waals surface area contributed by atoms with Crippen LogP contribution in [0, 0.1) is 5.92 Å². The normalized spacial score (nSPS) is 15.3. The van der Waals surface area contributed by atoms with E-state index in [9.17, 15) is 9.59 Å². The van der Waals surface area contributed by atoms with Crippen LogP contribution in [0.3, 0.4) is 0 Å². The molecule has 0 spiro atoms. The van der Waals surface area contributed by atoms with E-state index in [1.807, 2.05) is 54.3 Å². The zero-order valence-corrected chi connectivity index (χ0v) is 20.3. The second-order valence-electron chi connectivity index (χ2n) is 8.95. The second-order valence-corrected chi connectivity index (χ2v) is 8.95. The van der Waals surface area contributed by atoms with E-state index in [-0.39, 0.29) is 23.9 Å². The Morgan fingerprint density at radius 2 is 1.76 bits per heavy atom. The predicted octanol–water partition coefficient (Wildman–Crippen LogP) is 5.28. The van der Waals surface area contributed by atoms with Gasteiger partial charge in [0.05, 0.1) is 24.1 Å². The molecule has 1 saturated heterocycles. The van der Waals surface area contributed by atoms with Gasteiger partial charge in [-0.1, -0.05) is 43.3 Å². The van der Waals surface area contributed by atoms with Crippen LogP contribution in [0.5, 0.6) is 5.75 Å². The van der Waals surface area contributed by atoms with E-state index in [0.29, 0.717) is 44.8 Å². The summed E-state index contributed by atoms with van der Waals surface area (Å²) in [5, 5.41) is 0.948. The minimum absolute atomic E-state index is 0.0103. The Labute approximate surface area is 201 Å². The van der Waals surface area contributed by atoms with E-state index in [4.69, 9.17) is 9.47 Å². The Hall–Kier alpha value is -3.28. The molecule has 1 aliphatic rings. The molecule has 180 valence electrons. The van der Waals surface area contributed by atoms with Gasteiger partial charge in [-0.15, -0.1) is 0 Å². The summed E-state index contributed by atoms with van der Waals surface area (Å²) in [4.78, 5) is 27.7. The summed E-state index contributed by atoms with van der Waals surface area (Å²) in [5.74, 6) is 0.506. The summed E-state index contributed by atoms with van der Waals surface area (Å²) in [6.45, 7) is 8.05. The highest BCUT2D eigenvalue weighted by Gasteiger charge is 2.30. The maximum atomic E-state index is 13.7. The molecule has 3 aromatic rings. The van der Waals surface area contributed by atoms with E-state index in [0.717, 1.165) is 28.6 Å². The molecule has 0 unspecified atom stereocenters. The third-order valence-corrected chi connectivity index (χ3v) is 6.61. The van der Waals surface area contributed by atoms with E-state index in [2.05, 4.69) is 30.5 Å². The lowest BCUT2D eigenvalue weighted by molar-refractivity contribution is -0.149. The van der Waals surface area contributed by atoms with Gasteiger partial charge in [0.15, 0.2) is 0 Å². The standard InChI is InChI=1S/C28H34N2O4/c1-4-20(3)34-26-13-9-12-24-23(26)18-25(30(24)19-21-10-7-6-8-11-21)27(31)29-16-14-22(15-17-29)28(32)33-5-2/h6-13,18,20,22H,4-5,14-17,19H2,1-3H3/t20-/m0/s1. The first kappa shape index (κ1) is 23.9. The van der Waals surface area contributed by atoms with Gasteiger partial charge in [-0.2, -0.15) is 0 Å². The minimum Gasteiger partial charge on any atom is -0.490 e. The molecule has 0 saturated carbocycles. The van der Waals surface area contributed by atoms with Crippen LogP contribution in [0.25, 0.3) is 10.9 Å². The Balaban J connectivity index is 1.66. The molecule has 6 heteroatoms. The van der Waals surface area contributed by atoms with Crippen LogP contribution >= 0.6 is 0 Å². The van der Waals surface area contributed by atoms with Gasteiger partial charge in [-0.25, -0.2) is 0 Å². The molecule has 0 bridgehead atoms. The fourth-order valence-electron chi connectivity index (χ4n) is 4.51.